The first kappa shape index (κ1) is 15.0. The number of hydrogen-bond acceptors (Lipinski definition) is 4. The van der Waals surface area contributed by atoms with E-state index in [-0.39, 0.29) is 16.3 Å². The maximum absolute atomic E-state index is 12.1. The minimum Gasteiger partial charge on any atom is -0.454 e. The second-order valence-corrected chi connectivity index (χ2v) is 4.79. The van der Waals surface area contributed by atoms with Crippen LogP contribution in [-0.4, -0.2) is 10.9 Å². The highest BCUT2D eigenvalue weighted by Crippen LogP contribution is 2.25. The van der Waals surface area contributed by atoms with E-state index in [1.165, 1.54) is 12.1 Å². The monoisotopic (exact) mass is 305 g/mol. The van der Waals surface area contributed by atoms with Crippen LogP contribution in [0.5, 0.6) is 0 Å². The fraction of sp³-hybridized carbons (Fsp3) is 0.133. The van der Waals surface area contributed by atoms with Gasteiger partial charge in [-0.15, -0.1) is 0 Å². The van der Waals surface area contributed by atoms with E-state index in [1.54, 1.807) is 6.92 Å². The lowest BCUT2D eigenvalue weighted by atomic mass is 10.1. The third kappa shape index (κ3) is 3.58. The molecule has 0 unspecified atom stereocenters. The Balaban J connectivity index is 2.21. The van der Waals surface area contributed by atoms with Crippen LogP contribution in [0.4, 0.5) is 5.69 Å². The molecule has 0 radical (unpaired) electrons. The molecule has 0 bridgehead atoms. The molecule has 0 aliphatic heterocycles. The van der Waals surface area contributed by atoms with Crippen molar-refractivity contribution in [3.63, 3.8) is 0 Å². The first-order valence-corrected chi connectivity index (χ1v) is 6.56. The molecule has 108 valence electrons. The maximum atomic E-state index is 12.1. The number of ether oxygens (including phenoxy) is 1. The van der Waals surface area contributed by atoms with Gasteiger partial charge in [-0.3, -0.25) is 10.1 Å². The van der Waals surface area contributed by atoms with E-state index in [4.69, 9.17) is 16.3 Å². The van der Waals surface area contributed by atoms with Gasteiger partial charge in [0.1, 0.15) is 6.10 Å². The van der Waals surface area contributed by atoms with Crippen LogP contribution in [0.1, 0.15) is 28.9 Å². The van der Waals surface area contributed by atoms with Crippen LogP contribution < -0.4 is 0 Å². The standard InChI is InChI=1S/C15H12ClNO4/c1-10(11-5-3-2-4-6-11)21-15(18)13-9-12(17(19)20)7-8-14(13)16/h2-10H,1H3/t10-/m1/s1. The van der Waals surface area contributed by atoms with Crippen LogP contribution in [0, 0.1) is 10.1 Å². The van der Waals surface area contributed by atoms with Gasteiger partial charge in [0.2, 0.25) is 0 Å². The molecule has 21 heavy (non-hydrogen) atoms. The molecule has 0 aliphatic rings. The molecule has 0 saturated heterocycles. The van der Waals surface area contributed by atoms with Gasteiger partial charge in [0.05, 0.1) is 15.5 Å². The highest BCUT2D eigenvalue weighted by Gasteiger charge is 2.19. The Bertz CT molecular complexity index is 673. The van der Waals surface area contributed by atoms with Gasteiger partial charge >= 0.3 is 5.97 Å². The molecule has 2 aromatic rings. The van der Waals surface area contributed by atoms with Crippen molar-refractivity contribution in [2.45, 2.75) is 13.0 Å². The molecule has 0 fully saturated rings. The molecule has 6 heteroatoms. The third-order valence-corrected chi connectivity index (χ3v) is 3.26. The van der Waals surface area contributed by atoms with E-state index in [2.05, 4.69) is 0 Å². The van der Waals surface area contributed by atoms with Gasteiger partial charge in [0, 0.05) is 12.1 Å². The van der Waals surface area contributed by atoms with E-state index >= 15 is 0 Å². The van der Waals surface area contributed by atoms with Gasteiger partial charge < -0.3 is 4.74 Å². The quantitative estimate of drug-likeness (QED) is 0.483. The highest BCUT2D eigenvalue weighted by atomic mass is 35.5. The van der Waals surface area contributed by atoms with Gasteiger partial charge in [-0.2, -0.15) is 0 Å². The first-order valence-electron chi connectivity index (χ1n) is 6.19. The fourth-order valence-electron chi connectivity index (χ4n) is 1.80. The Kier molecular flexibility index (Phi) is 4.55. The minimum absolute atomic E-state index is 0.0198. The molecule has 0 amide bonds. The smallest absolute Gasteiger partial charge is 0.340 e. The molecule has 0 heterocycles. The molecule has 2 aromatic carbocycles. The predicted molar refractivity (Wildman–Crippen MR) is 78.4 cm³/mol. The van der Waals surface area contributed by atoms with E-state index in [0.717, 1.165) is 11.6 Å². The second kappa shape index (κ2) is 6.37. The Morgan fingerprint density at radius 3 is 2.52 bits per heavy atom. The number of non-ortho nitro benzene ring substituents is 1. The molecular weight excluding hydrogens is 294 g/mol. The summed E-state index contributed by atoms with van der Waals surface area (Å²) in [5.74, 6) is -0.694. The van der Waals surface area contributed by atoms with E-state index < -0.39 is 17.0 Å². The third-order valence-electron chi connectivity index (χ3n) is 2.93. The topological polar surface area (TPSA) is 69.4 Å². The Labute approximate surface area is 126 Å². The number of carbonyl (C=O) groups excluding carboxylic acids is 1. The van der Waals surface area contributed by atoms with E-state index in [0.29, 0.717) is 0 Å². The van der Waals surface area contributed by atoms with Crippen molar-refractivity contribution in [1.82, 2.24) is 0 Å². The van der Waals surface area contributed by atoms with E-state index in [1.807, 2.05) is 30.3 Å². The zero-order valence-electron chi connectivity index (χ0n) is 11.2. The molecule has 0 saturated carbocycles. The lowest BCUT2D eigenvalue weighted by Gasteiger charge is -2.14. The van der Waals surface area contributed by atoms with Crippen molar-refractivity contribution in [3.05, 3.63) is 74.8 Å². The molecule has 1 atom stereocenters. The Morgan fingerprint density at radius 1 is 1.24 bits per heavy atom. The molecule has 0 spiro atoms. The lowest BCUT2D eigenvalue weighted by Crippen LogP contribution is -2.10. The van der Waals surface area contributed by atoms with Crippen molar-refractivity contribution >= 4 is 23.3 Å². The predicted octanol–water partition coefficient (Wildman–Crippen LogP) is 4.17. The van der Waals surface area contributed by atoms with Crippen molar-refractivity contribution in [2.75, 3.05) is 0 Å². The summed E-state index contributed by atoms with van der Waals surface area (Å²) in [6.45, 7) is 1.72. The number of nitro groups is 1. The van der Waals surface area contributed by atoms with Crippen LogP contribution in [0.3, 0.4) is 0 Å². The van der Waals surface area contributed by atoms with Crippen LogP contribution in [0.15, 0.2) is 48.5 Å². The number of hydrogen-bond donors (Lipinski definition) is 0. The zero-order valence-corrected chi connectivity index (χ0v) is 11.9. The highest BCUT2D eigenvalue weighted by molar-refractivity contribution is 6.33. The summed E-state index contributed by atoms with van der Waals surface area (Å²) in [6, 6.07) is 12.8. The van der Waals surface area contributed by atoms with Crippen molar-refractivity contribution in [2.24, 2.45) is 0 Å². The normalized spacial score (nSPS) is 11.7. The minimum atomic E-state index is -0.694. The number of rotatable bonds is 4. The van der Waals surface area contributed by atoms with Gasteiger partial charge in [-0.25, -0.2) is 4.79 Å². The average molecular weight is 306 g/mol. The summed E-state index contributed by atoms with van der Waals surface area (Å²) >= 11 is 5.90. The number of carbonyl (C=O) groups is 1. The van der Waals surface area contributed by atoms with Gasteiger partial charge in [-0.05, 0) is 18.6 Å². The average Bonchev–Trinajstić information content (AvgIpc) is 2.48. The zero-order chi connectivity index (χ0) is 15.4. The summed E-state index contributed by atoms with van der Waals surface area (Å²) in [5, 5.41) is 10.9. The lowest BCUT2D eigenvalue weighted by molar-refractivity contribution is -0.384. The van der Waals surface area contributed by atoms with E-state index in [9.17, 15) is 14.9 Å². The Hall–Kier alpha value is -2.40. The second-order valence-electron chi connectivity index (χ2n) is 4.38. The molecule has 0 N–H and O–H groups in total. The summed E-state index contributed by atoms with van der Waals surface area (Å²) in [7, 11) is 0. The number of halogens is 1. The van der Waals surface area contributed by atoms with Crippen molar-refractivity contribution in [3.8, 4) is 0 Å². The molecule has 0 aliphatic carbocycles. The molecular formula is C15H12ClNO4. The fourth-order valence-corrected chi connectivity index (χ4v) is 1.99. The summed E-state index contributed by atoms with van der Waals surface area (Å²) < 4.78 is 5.29. The number of nitro benzene ring substituents is 1. The van der Waals surface area contributed by atoms with Gasteiger partial charge in [0.15, 0.2) is 0 Å². The van der Waals surface area contributed by atoms with Gasteiger partial charge in [0.25, 0.3) is 5.69 Å². The van der Waals surface area contributed by atoms with Crippen molar-refractivity contribution in [1.29, 1.82) is 0 Å². The molecule has 5 nitrogen and oxygen atoms in total. The first-order chi connectivity index (χ1) is 9.99. The Morgan fingerprint density at radius 2 is 1.90 bits per heavy atom. The summed E-state index contributed by atoms with van der Waals surface area (Å²) in [5.41, 5.74) is 0.597. The van der Waals surface area contributed by atoms with Crippen LogP contribution in [0.2, 0.25) is 5.02 Å². The molecule has 2 rings (SSSR count). The largest absolute Gasteiger partial charge is 0.454 e. The van der Waals surface area contributed by atoms with Crippen LogP contribution in [-0.2, 0) is 4.74 Å². The van der Waals surface area contributed by atoms with Crippen molar-refractivity contribution < 1.29 is 14.5 Å². The maximum Gasteiger partial charge on any atom is 0.340 e. The number of nitrogens with zero attached hydrogens (tertiary/aromatic N) is 1. The van der Waals surface area contributed by atoms with Crippen LogP contribution in [0.25, 0.3) is 0 Å². The molecule has 0 aromatic heterocycles. The summed E-state index contributed by atoms with van der Waals surface area (Å²) in [4.78, 5) is 22.2. The SMILES string of the molecule is C[C@@H](OC(=O)c1cc([N+](=O)[O-])ccc1Cl)c1ccccc1. The summed E-state index contributed by atoms with van der Waals surface area (Å²) in [6.07, 6.45) is -0.478. The number of benzene rings is 2. The van der Waals surface area contributed by atoms with Gasteiger partial charge in [-0.1, -0.05) is 41.9 Å². The van der Waals surface area contributed by atoms with Crippen LogP contribution >= 0.6 is 11.6 Å². The number of esters is 1.